The number of aromatic nitrogens is 3. The van der Waals surface area contributed by atoms with Gasteiger partial charge >= 0.3 is 0 Å². The normalized spacial score (nSPS) is 11.3. The first-order chi connectivity index (χ1) is 7.42. The highest BCUT2D eigenvalue weighted by molar-refractivity contribution is 5.66. The van der Waals surface area contributed by atoms with Gasteiger partial charge in [-0.15, -0.1) is 0 Å². The maximum absolute atomic E-state index is 4.28. The molecule has 4 nitrogen and oxygen atoms in total. The maximum atomic E-state index is 4.28. The minimum Gasteiger partial charge on any atom is -0.368 e. The van der Waals surface area contributed by atoms with Gasteiger partial charge in [0.25, 0.3) is 0 Å². The van der Waals surface area contributed by atoms with Gasteiger partial charge in [0.1, 0.15) is 5.52 Å². The van der Waals surface area contributed by atoms with Crippen LogP contribution in [-0.2, 0) is 0 Å². The van der Waals surface area contributed by atoms with Crippen LogP contribution < -0.4 is 5.32 Å². The summed E-state index contributed by atoms with van der Waals surface area (Å²) in [6, 6.07) is 1.95. The average molecular weight is 202 g/mol. The number of nitrogens with one attached hydrogen (secondary N) is 1. The van der Waals surface area contributed by atoms with Crippen molar-refractivity contribution in [2.45, 2.75) is 13.3 Å². The second kappa shape index (κ2) is 4.59. The third kappa shape index (κ3) is 2.15. The van der Waals surface area contributed by atoms with Crippen LogP contribution in [0.15, 0.2) is 36.8 Å². The molecule has 2 aromatic rings. The van der Waals surface area contributed by atoms with Crippen molar-refractivity contribution in [3.8, 4) is 0 Å². The Hall–Kier alpha value is -1.84. The van der Waals surface area contributed by atoms with Gasteiger partial charge in [-0.3, -0.25) is 0 Å². The second-order valence-electron chi connectivity index (χ2n) is 3.22. The molecule has 2 aromatic heterocycles. The van der Waals surface area contributed by atoms with E-state index in [0.29, 0.717) is 0 Å². The SMILES string of the molecule is C/C=C/CCNc1nccn2nccc12. The lowest BCUT2D eigenvalue weighted by atomic mass is 10.3. The van der Waals surface area contributed by atoms with Gasteiger partial charge in [0, 0.05) is 18.9 Å². The first kappa shape index (κ1) is 9.71. The van der Waals surface area contributed by atoms with E-state index >= 15 is 0 Å². The van der Waals surface area contributed by atoms with Gasteiger partial charge in [-0.05, 0) is 19.4 Å². The Bertz CT molecular complexity index is 458. The van der Waals surface area contributed by atoms with E-state index in [2.05, 4.69) is 27.6 Å². The molecule has 15 heavy (non-hydrogen) atoms. The van der Waals surface area contributed by atoms with E-state index in [1.807, 2.05) is 23.7 Å². The zero-order chi connectivity index (χ0) is 10.5. The molecule has 0 spiro atoms. The van der Waals surface area contributed by atoms with E-state index in [1.165, 1.54) is 0 Å². The summed E-state index contributed by atoms with van der Waals surface area (Å²) in [4.78, 5) is 4.28. The molecule has 0 aliphatic heterocycles. The van der Waals surface area contributed by atoms with Crippen LogP contribution in [0, 0.1) is 0 Å². The van der Waals surface area contributed by atoms with Gasteiger partial charge in [0.15, 0.2) is 5.82 Å². The maximum Gasteiger partial charge on any atom is 0.152 e. The Morgan fingerprint density at radius 1 is 1.47 bits per heavy atom. The molecule has 4 heteroatoms. The van der Waals surface area contributed by atoms with Gasteiger partial charge in [0.2, 0.25) is 0 Å². The van der Waals surface area contributed by atoms with Crippen molar-refractivity contribution in [3.05, 3.63) is 36.8 Å². The number of allylic oxidation sites excluding steroid dienone is 1. The highest BCUT2D eigenvalue weighted by atomic mass is 15.2. The molecule has 0 aromatic carbocycles. The molecule has 0 aliphatic carbocycles. The summed E-state index contributed by atoms with van der Waals surface area (Å²) in [5.41, 5.74) is 1.01. The first-order valence-corrected chi connectivity index (χ1v) is 5.05. The Morgan fingerprint density at radius 3 is 3.27 bits per heavy atom. The fourth-order valence-corrected chi connectivity index (χ4v) is 1.43. The molecule has 0 unspecified atom stereocenters. The van der Waals surface area contributed by atoms with Crippen molar-refractivity contribution in [2.24, 2.45) is 0 Å². The Morgan fingerprint density at radius 2 is 2.40 bits per heavy atom. The van der Waals surface area contributed by atoms with Gasteiger partial charge in [-0.1, -0.05) is 12.2 Å². The van der Waals surface area contributed by atoms with E-state index in [-0.39, 0.29) is 0 Å². The van der Waals surface area contributed by atoms with Crippen LogP contribution in [0.4, 0.5) is 5.82 Å². The topological polar surface area (TPSA) is 42.2 Å². The summed E-state index contributed by atoms with van der Waals surface area (Å²) in [5, 5.41) is 7.43. The second-order valence-corrected chi connectivity index (χ2v) is 3.22. The number of nitrogens with zero attached hydrogens (tertiary/aromatic N) is 3. The van der Waals surface area contributed by atoms with Crippen molar-refractivity contribution in [1.29, 1.82) is 0 Å². The van der Waals surface area contributed by atoms with Gasteiger partial charge in [-0.25, -0.2) is 9.50 Å². The minimum absolute atomic E-state index is 0.888. The van der Waals surface area contributed by atoms with E-state index in [9.17, 15) is 0 Å². The molecule has 2 heterocycles. The molecular weight excluding hydrogens is 188 g/mol. The van der Waals surface area contributed by atoms with E-state index in [0.717, 1.165) is 24.3 Å². The summed E-state index contributed by atoms with van der Waals surface area (Å²) in [6.45, 7) is 2.91. The summed E-state index contributed by atoms with van der Waals surface area (Å²) >= 11 is 0. The summed E-state index contributed by atoms with van der Waals surface area (Å²) in [5.74, 6) is 0.888. The Balaban J connectivity index is 2.10. The van der Waals surface area contributed by atoms with E-state index in [1.54, 1.807) is 12.4 Å². The molecule has 0 amide bonds. The van der Waals surface area contributed by atoms with Gasteiger partial charge < -0.3 is 5.32 Å². The highest BCUT2D eigenvalue weighted by Gasteiger charge is 2.00. The first-order valence-electron chi connectivity index (χ1n) is 5.05. The number of rotatable bonds is 4. The number of hydrogen-bond donors (Lipinski definition) is 1. The van der Waals surface area contributed by atoms with Crippen LogP contribution in [0.25, 0.3) is 5.52 Å². The van der Waals surface area contributed by atoms with Crippen molar-refractivity contribution in [3.63, 3.8) is 0 Å². The molecule has 0 bridgehead atoms. The quantitative estimate of drug-likeness (QED) is 0.610. The molecule has 78 valence electrons. The standard InChI is InChI=1S/C11H14N4/c1-2-3-4-6-12-11-10-5-7-14-15(10)9-8-13-11/h2-3,5,7-9H,4,6H2,1H3,(H,12,13)/b3-2+. The average Bonchev–Trinajstić information content (AvgIpc) is 2.73. The lowest BCUT2D eigenvalue weighted by molar-refractivity contribution is 0.940. The number of hydrogen-bond acceptors (Lipinski definition) is 3. The van der Waals surface area contributed by atoms with Gasteiger partial charge in [0.05, 0.1) is 6.20 Å². The molecule has 0 aliphatic rings. The molecule has 2 rings (SSSR count). The summed E-state index contributed by atoms with van der Waals surface area (Å²) in [7, 11) is 0. The van der Waals surface area contributed by atoms with Crippen LogP contribution in [0.1, 0.15) is 13.3 Å². The number of anilines is 1. The van der Waals surface area contributed by atoms with E-state index in [4.69, 9.17) is 0 Å². The Labute approximate surface area is 88.6 Å². The van der Waals surface area contributed by atoms with Crippen molar-refractivity contribution < 1.29 is 0 Å². The van der Waals surface area contributed by atoms with Crippen LogP contribution in [0.2, 0.25) is 0 Å². The molecule has 1 N–H and O–H groups in total. The van der Waals surface area contributed by atoms with Gasteiger partial charge in [-0.2, -0.15) is 5.10 Å². The lowest BCUT2D eigenvalue weighted by Gasteiger charge is -2.04. The fourth-order valence-electron chi connectivity index (χ4n) is 1.43. The third-order valence-corrected chi connectivity index (χ3v) is 2.16. The van der Waals surface area contributed by atoms with E-state index < -0.39 is 0 Å². The lowest BCUT2D eigenvalue weighted by Crippen LogP contribution is -2.04. The number of fused-ring (bicyclic) bond motifs is 1. The Kier molecular flexibility index (Phi) is 2.97. The van der Waals surface area contributed by atoms with Crippen LogP contribution in [0.5, 0.6) is 0 Å². The highest BCUT2D eigenvalue weighted by Crippen LogP contribution is 2.11. The van der Waals surface area contributed by atoms with Crippen molar-refractivity contribution in [2.75, 3.05) is 11.9 Å². The molecule has 0 fully saturated rings. The largest absolute Gasteiger partial charge is 0.368 e. The predicted octanol–water partition coefficient (Wildman–Crippen LogP) is 2.11. The van der Waals surface area contributed by atoms with Crippen LogP contribution in [-0.4, -0.2) is 21.1 Å². The third-order valence-electron chi connectivity index (χ3n) is 2.16. The molecular formula is C11H14N4. The van der Waals surface area contributed by atoms with Crippen LogP contribution in [0.3, 0.4) is 0 Å². The summed E-state index contributed by atoms with van der Waals surface area (Å²) in [6.07, 6.45) is 10.5. The fraction of sp³-hybridized carbons (Fsp3) is 0.273. The smallest absolute Gasteiger partial charge is 0.152 e. The van der Waals surface area contributed by atoms with Crippen molar-refractivity contribution >= 4 is 11.3 Å². The van der Waals surface area contributed by atoms with Crippen molar-refractivity contribution in [1.82, 2.24) is 14.6 Å². The minimum atomic E-state index is 0.888. The zero-order valence-corrected chi connectivity index (χ0v) is 8.72. The monoisotopic (exact) mass is 202 g/mol. The molecule has 0 radical (unpaired) electrons. The molecule has 0 saturated heterocycles. The summed E-state index contributed by atoms with van der Waals surface area (Å²) < 4.78 is 1.81. The molecule has 0 saturated carbocycles. The van der Waals surface area contributed by atoms with Crippen LogP contribution >= 0.6 is 0 Å². The molecule has 0 atom stereocenters. The predicted molar refractivity (Wildman–Crippen MR) is 60.9 cm³/mol. The zero-order valence-electron chi connectivity index (χ0n) is 8.72.